The summed E-state index contributed by atoms with van der Waals surface area (Å²) in [5.74, 6) is 2.33. The number of unbranched alkanes of at least 4 members (excludes halogenated alkanes) is 7. The van der Waals surface area contributed by atoms with E-state index in [1.807, 2.05) is 48.5 Å². The van der Waals surface area contributed by atoms with E-state index in [9.17, 15) is 4.79 Å². The SMILES string of the molecule is CCCCCCCCOc1ccc(-c2ccc(OC(=O)c3ccc(OCC(C)CCCCC)cc3)cc2)cc1. The first-order valence-electron chi connectivity index (χ1n) is 14.9. The van der Waals surface area contributed by atoms with Crippen LogP contribution in [-0.2, 0) is 0 Å². The first-order valence-corrected chi connectivity index (χ1v) is 14.9. The minimum Gasteiger partial charge on any atom is -0.494 e. The van der Waals surface area contributed by atoms with Gasteiger partial charge in [-0.2, -0.15) is 0 Å². The van der Waals surface area contributed by atoms with Crippen molar-refractivity contribution in [3.05, 3.63) is 78.4 Å². The molecule has 1 unspecified atom stereocenters. The highest BCUT2D eigenvalue weighted by atomic mass is 16.5. The first kappa shape index (κ1) is 30.3. The fourth-order valence-electron chi connectivity index (χ4n) is 4.45. The summed E-state index contributed by atoms with van der Waals surface area (Å²) in [7, 11) is 0. The third kappa shape index (κ3) is 11.2. The molecule has 1 atom stereocenters. The molecule has 3 rings (SSSR count). The Morgan fingerprint density at radius 3 is 1.77 bits per heavy atom. The summed E-state index contributed by atoms with van der Waals surface area (Å²) in [5, 5.41) is 0. The van der Waals surface area contributed by atoms with Crippen LogP contribution < -0.4 is 14.2 Å². The second-order valence-corrected chi connectivity index (χ2v) is 10.5. The zero-order valence-corrected chi connectivity index (χ0v) is 24.1. The number of benzene rings is 3. The third-order valence-corrected chi connectivity index (χ3v) is 6.94. The van der Waals surface area contributed by atoms with Gasteiger partial charge in [-0.05, 0) is 78.4 Å². The molecule has 3 aromatic rings. The van der Waals surface area contributed by atoms with Gasteiger partial charge in [-0.3, -0.25) is 0 Å². The quantitative estimate of drug-likeness (QED) is 0.0932. The molecule has 0 saturated heterocycles. The second-order valence-electron chi connectivity index (χ2n) is 10.5. The van der Waals surface area contributed by atoms with E-state index < -0.39 is 0 Å². The lowest BCUT2D eigenvalue weighted by Crippen LogP contribution is -2.10. The molecule has 39 heavy (non-hydrogen) atoms. The van der Waals surface area contributed by atoms with Crippen molar-refractivity contribution < 1.29 is 19.0 Å². The zero-order chi connectivity index (χ0) is 27.7. The van der Waals surface area contributed by atoms with E-state index in [-0.39, 0.29) is 5.97 Å². The first-order chi connectivity index (χ1) is 19.1. The zero-order valence-electron chi connectivity index (χ0n) is 24.1. The van der Waals surface area contributed by atoms with E-state index in [2.05, 4.69) is 32.9 Å². The van der Waals surface area contributed by atoms with Gasteiger partial charge in [0.05, 0.1) is 18.8 Å². The molecule has 210 valence electrons. The minimum absolute atomic E-state index is 0.380. The fourth-order valence-corrected chi connectivity index (χ4v) is 4.45. The van der Waals surface area contributed by atoms with Crippen LogP contribution in [0.15, 0.2) is 72.8 Å². The van der Waals surface area contributed by atoms with Crippen LogP contribution in [0.5, 0.6) is 17.2 Å². The van der Waals surface area contributed by atoms with Crippen LogP contribution in [0.2, 0.25) is 0 Å². The normalized spacial score (nSPS) is 11.7. The molecule has 3 aromatic carbocycles. The Balaban J connectivity index is 1.42. The molecule has 0 aliphatic rings. The number of hydrogen-bond donors (Lipinski definition) is 0. The minimum atomic E-state index is -0.380. The van der Waals surface area contributed by atoms with Crippen molar-refractivity contribution in [3.8, 4) is 28.4 Å². The Hall–Kier alpha value is -3.27. The van der Waals surface area contributed by atoms with Crippen LogP contribution in [0.3, 0.4) is 0 Å². The number of ether oxygens (including phenoxy) is 3. The molecule has 0 spiro atoms. The van der Waals surface area contributed by atoms with E-state index in [1.165, 1.54) is 57.8 Å². The van der Waals surface area contributed by atoms with Gasteiger partial charge in [0, 0.05) is 0 Å². The Labute approximate surface area is 235 Å². The van der Waals surface area contributed by atoms with Gasteiger partial charge in [0.2, 0.25) is 0 Å². The number of carbonyl (C=O) groups excluding carboxylic acids is 1. The van der Waals surface area contributed by atoms with Crippen LogP contribution in [-0.4, -0.2) is 19.2 Å². The molecule has 0 aliphatic heterocycles. The lowest BCUT2D eigenvalue weighted by atomic mass is 10.0. The van der Waals surface area contributed by atoms with Gasteiger partial charge in [0.15, 0.2) is 0 Å². The Bertz CT molecular complexity index is 1070. The summed E-state index contributed by atoms with van der Waals surface area (Å²) >= 11 is 0. The van der Waals surface area contributed by atoms with Gasteiger partial charge in [0.1, 0.15) is 17.2 Å². The van der Waals surface area contributed by atoms with Gasteiger partial charge in [-0.25, -0.2) is 4.79 Å². The molecule has 4 heteroatoms. The van der Waals surface area contributed by atoms with Crippen molar-refractivity contribution in [2.45, 2.75) is 85.0 Å². The topological polar surface area (TPSA) is 44.8 Å². The van der Waals surface area contributed by atoms with Crippen molar-refractivity contribution in [1.29, 1.82) is 0 Å². The van der Waals surface area contributed by atoms with Gasteiger partial charge in [0.25, 0.3) is 0 Å². The molecule has 0 saturated carbocycles. The van der Waals surface area contributed by atoms with Gasteiger partial charge >= 0.3 is 5.97 Å². The Morgan fingerprint density at radius 1 is 0.615 bits per heavy atom. The molecule has 0 aromatic heterocycles. The summed E-state index contributed by atoms with van der Waals surface area (Å²) in [6.45, 7) is 8.13. The summed E-state index contributed by atoms with van der Waals surface area (Å²) in [5.41, 5.74) is 2.65. The summed E-state index contributed by atoms with van der Waals surface area (Å²) in [6, 6.07) is 22.9. The van der Waals surface area contributed by atoms with Crippen molar-refractivity contribution in [2.24, 2.45) is 5.92 Å². The van der Waals surface area contributed by atoms with E-state index >= 15 is 0 Å². The van der Waals surface area contributed by atoms with E-state index in [0.717, 1.165) is 35.7 Å². The summed E-state index contributed by atoms with van der Waals surface area (Å²) < 4.78 is 17.4. The van der Waals surface area contributed by atoms with Crippen LogP contribution in [0.25, 0.3) is 11.1 Å². The average molecular weight is 531 g/mol. The molecule has 0 bridgehead atoms. The molecule has 0 N–H and O–H groups in total. The van der Waals surface area contributed by atoms with Crippen LogP contribution in [0.1, 0.15) is 95.3 Å². The van der Waals surface area contributed by atoms with Gasteiger partial charge in [-0.15, -0.1) is 0 Å². The highest BCUT2D eigenvalue weighted by molar-refractivity contribution is 5.91. The summed E-state index contributed by atoms with van der Waals surface area (Å²) in [6.07, 6.45) is 12.5. The maximum Gasteiger partial charge on any atom is 0.343 e. The lowest BCUT2D eigenvalue weighted by Gasteiger charge is -2.13. The maximum absolute atomic E-state index is 12.6. The molecular formula is C35H46O4. The van der Waals surface area contributed by atoms with Crippen LogP contribution >= 0.6 is 0 Å². The van der Waals surface area contributed by atoms with E-state index in [0.29, 0.717) is 23.8 Å². The smallest absolute Gasteiger partial charge is 0.343 e. The van der Waals surface area contributed by atoms with Crippen molar-refractivity contribution >= 4 is 5.97 Å². The van der Waals surface area contributed by atoms with Gasteiger partial charge in [-0.1, -0.05) is 96.4 Å². The Kier molecular flexibility index (Phi) is 13.5. The predicted molar refractivity (Wildman–Crippen MR) is 161 cm³/mol. The second kappa shape index (κ2) is 17.3. The lowest BCUT2D eigenvalue weighted by molar-refractivity contribution is 0.0734. The molecule has 4 nitrogen and oxygen atoms in total. The van der Waals surface area contributed by atoms with E-state index in [1.54, 1.807) is 12.1 Å². The van der Waals surface area contributed by atoms with Crippen molar-refractivity contribution in [1.82, 2.24) is 0 Å². The third-order valence-electron chi connectivity index (χ3n) is 6.94. The predicted octanol–water partition coefficient (Wildman–Crippen LogP) is 9.91. The highest BCUT2D eigenvalue weighted by Crippen LogP contribution is 2.25. The molecule has 0 fully saturated rings. The number of esters is 1. The molecule has 0 radical (unpaired) electrons. The number of hydrogen-bond acceptors (Lipinski definition) is 4. The monoisotopic (exact) mass is 530 g/mol. The number of rotatable bonds is 18. The summed E-state index contributed by atoms with van der Waals surface area (Å²) in [4.78, 5) is 12.6. The fraction of sp³-hybridized carbons (Fsp3) is 0.457. The highest BCUT2D eigenvalue weighted by Gasteiger charge is 2.10. The maximum atomic E-state index is 12.6. The van der Waals surface area contributed by atoms with Crippen LogP contribution in [0.4, 0.5) is 0 Å². The van der Waals surface area contributed by atoms with Crippen LogP contribution in [0, 0.1) is 5.92 Å². The molecular weight excluding hydrogens is 484 g/mol. The van der Waals surface area contributed by atoms with Crippen molar-refractivity contribution in [2.75, 3.05) is 13.2 Å². The standard InChI is InChI=1S/C35H46O4/c1-4-6-8-9-10-12-26-37-32-20-14-29(15-21-32)30-16-24-34(25-17-30)39-35(36)31-18-22-33(23-19-31)38-27-28(3)13-11-7-5-2/h14-25,28H,4-13,26-27H2,1-3H3. The molecule has 0 amide bonds. The molecule has 0 heterocycles. The Morgan fingerprint density at radius 2 is 1.13 bits per heavy atom. The van der Waals surface area contributed by atoms with Gasteiger partial charge < -0.3 is 14.2 Å². The van der Waals surface area contributed by atoms with E-state index in [4.69, 9.17) is 14.2 Å². The largest absolute Gasteiger partial charge is 0.494 e. The average Bonchev–Trinajstić information content (AvgIpc) is 2.97. The van der Waals surface area contributed by atoms with Crippen molar-refractivity contribution in [3.63, 3.8) is 0 Å². The number of carbonyl (C=O) groups is 1. The molecule has 0 aliphatic carbocycles.